The third-order valence-electron chi connectivity index (χ3n) is 2.45. The summed E-state index contributed by atoms with van der Waals surface area (Å²) in [7, 11) is 1.62. The third-order valence-corrected chi connectivity index (χ3v) is 2.45. The van der Waals surface area contributed by atoms with Gasteiger partial charge in [0.25, 0.3) is 5.56 Å². The van der Waals surface area contributed by atoms with Crippen LogP contribution in [0.4, 0.5) is 0 Å². The number of aromatic amines is 1. The van der Waals surface area contributed by atoms with Crippen LogP contribution in [0.15, 0.2) is 41.3 Å². The van der Waals surface area contributed by atoms with Crippen LogP contribution in [0.5, 0.6) is 5.75 Å². The number of H-pyrrole nitrogens is 1. The van der Waals surface area contributed by atoms with Crippen LogP contribution in [0, 0.1) is 6.92 Å². The Bertz CT molecular complexity index is 541. The first-order chi connectivity index (χ1) is 7.70. The quantitative estimate of drug-likeness (QED) is 0.835. The lowest BCUT2D eigenvalue weighted by atomic mass is 10.1. The highest BCUT2D eigenvalue weighted by atomic mass is 16.5. The number of pyridine rings is 1. The molecule has 1 aromatic carbocycles. The average Bonchev–Trinajstić information content (AvgIpc) is 2.32. The first kappa shape index (κ1) is 10.5. The number of nitrogens with one attached hydrogen (secondary N) is 1. The maximum Gasteiger partial charge on any atom is 0.255 e. The summed E-state index contributed by atoms with van der Waals surface area (Å²) in [5, 5.41) is 0. The van der Waals surface area contributed by atoms with Gasteiger partial charge in [-0.05, 0) is 36.2 Å². The summed E-state index contributed by atoms with van der Waals surface area (Å²) in [6, 6.07) is 9.32. The minimum Gasteiger partial charge on any atom is -0.497 e. The molecular formula is C13H13NO2. The SMILES string of the molecule is COc1ccc(-c2cc(C)c[nH]c2=O)cc1. The molecule has 0 saturated heterocycles. The Labute approximate surface area is 93.7 Å². The molecule has 0 radical (unpaired) electrons. The lowest BCUT2D eigenvalue weighted by Crippen LogP contribution is -2.08. The van der Waals surface area contributed by atoms with Gasteiger partial charge in [0, 0.05) is 11.8 Å². The van der Waals surface area contributed by atoms with Crippen molar-refractivity contribution in [3.63, 3.8) is 0 Å². The first-order valence-corrected chi connectivity index (χ1v) is 5.04. The van der Waals surface area contributed by atoms with E-state index in [4.69, 9.17) is 4.74 Å². The van der Waals surface area contributed by atoms with Gasteiger partial charge in [-0.25, -0.2) is 0 Å². The van der Waals surface area contributed by atoms with Gasteiger partial charge in [0.15, 0.2) is 0 Å². The lowest BCUT2D eigenvalue weighted by Gasteiger charge is -2.03. The van der Waals surface area contributed by atoms with Crippen molar-refractivity contribution in [2.45, 2.75) is 6.92 Å². The molecule has 1 N–H and O–H groups in total. The Morgan fingerprint density at radius 3 is 2.50 bits per heavy atom. The molecule has 0 amide bonds. The molecule has 16 heavy (non-hydrogen) atoms. The van der Waals surface area contributed by atoms with Gasteiger partial charge < -0.3 is 9.72 Å². The van der Waals surface area contributed by atoms with E-state index in [1.54, 1.807) is 13.3 Å². The molecule has 3 nitrogen and oxygen atoms in total. The van der Waals surface area contributed by atoms with Gasteiger partial charge >= 0.3 is 0 Å². The molecule has 0 saturated carbocycles. The monoisotopic (exact) mass is 215 g/mol. The summed E-state index contributed by atoms with van der Waals surface area (Å²) in [6.45, 7) is 1.95. The summed E-state index contributed by atoms with van der Waals surface area (Å²) < 4.78 is 5.07. The van der Waals surface area contributed by atoms with E-state index in [0.717, 1.165) is 16.9 Å². The number of aromatic nitrogens is 1. The van der Waals surface area contributed by atoms with E-state index in [2.05, 4.69) is 4.98 Å². The summed E-state index contributed by atoms with van der Waals surface area (Å²) in [6.07, 6.45) is 1.70. The van der Waals surface area contributed by atoms with Gasteiger partial charge in [-0.1, -0.05) is 12.1 Å². The highest BCUT2D eigenvalue weighted by molar-refractivity contribution is 5.63. The second-order valence-electron chi connectivity index (χ2n) is 3.65. The van der Waals surface area contributed by atoms with Gasteiger partial charge in [-0.3, -0.25) is 4.79 Å². The summed E-state index contributed by atoms with van der Waals surface area (Å²) >= 11 is 0. The van der Waals surface area contributed by atoms with Crippen molar-refractivity contribution in [2.24, 2.45) is 0 Å². The fourth-order valence-electron chi connectivity index (χ4n) is 1.58. The summed E-state index contributed by atoms with van der Waals surface area (Å²) in [5.74, 6) is 0.785. The normalized spacial score (nSPS) is 10.1. The van der Waals surface area contributed by atoms with Gasteiger partial charge in [0.05, 0.1) is 7.11 Å². The van der Waals surface area contributed by atoms with Crippen LogP contribution in [0.2, 0.25) is 0 Å². The molecule has 1 aromatic heterocycles. The van der Waals surface area contributed by atoms with Crippen LogP contribution in [-0.4, -0.2) is 12.1 Å². The highest BCUT2D eigenvalue weighted by Crippen LogP contribution is 2.19. The van der Waals surface area contributed by atoms with Crippen LogP contribution < -0.4 is 10.3 Å². The number of hydrogen-bond acceptors (Lipinski definition) is 2. The molecule has 0 bridgehead atoms. The van der Waals surface area contributed by atoms with Crippen LogP contribution in [0.25, 0.3) is 11.1 Å². The Morgan fingerprint density at radius 1 is 1.19 bits per heavy atom. The van der Waals surface area contributed by atoms with Crippen LogP contribution in [-0.2, 0) is 0 Å². The zero-order chi connectivity index (χ0) is 11.5. The van der Waals surface area contributed by atoms with E-state index >= 15 is 0 Å². The second kappa shape index (κ2) is 4.23. The largest absolute Gasteiger partial charge is 0.497 e. The third kappa shape index (κ3) is 1.98. The van der Waals surface area contributed by atoms with E-state index in [9.17, 15) is 4.79 Å². The lowest BCUT2D eigenvalue weighted by molar-refractivity contribution is 0.415. The molecule has 2 aromatic rings. The van der Waals surface area contributed by atoms with Crippen molar-refractivity contribution in [3.8, 4) is 16.9 Å². The van der Waals surface area contributed by atoms with E-state index in [1.807, 2.05) is 37.3 Å². The average molecular weight is 215 g/mol. The van der Waals surface area contributed by atoms with Crippen molar-refractivity contribution in [3.05, 3.63) is 52.4 Å². The maximum atomic E-state index is 11.6. The molecule has 0 spiro atoms. The molecule has 2 rings (SSSR count). The molecule has 3 heteroatoms. The van der Waals surface area contributed by atoms with E-state index in [-0.39, 0.29) is 5.56 Å². The number of hydrogen-bond donors (Lipinski definition) is 1. The highest BCUT2D eigenvalue weighted by Gasteiger charge is 2.03. The Morgan fingerprint density at radius 2 is 1.88 bits per heavy atom. The van der Waals surface area contributed by atoms with Crippen molar-refractivity contribution < 1.29 is 4.74 Å². The van der Waals surface area contributed by atoms with E-state index in [1.165, 1.54) is 0 Å². The molecule has 0 fully saturated rings. The summed E-state index contributed by atoms with van der Waals surface area (Å²) in [5.41, 5.74) is 2.54. The van der Waals surface area contributed by atoms with Crippen LogP contribution >= 0.6 is 0 Å². The molecule has 82 valence electrons. The molecule has 0 aliphatic carbocycles. The first-order valence-electron chi connectivity index (χ1n) is 5.04. The van der Waals surface area contributed by atoms with Gasteiger partial charge in [-0.2, -0.15) is 0 Å². The minimum atomic E-state index is -0.0734. The van der Waals surface area contributed by atoms with E-state index < -0.39 is 0 Å². The number of methoxy groups -OCH3 is 1. The fraction of sp³-hybridized carbons (Fsp3) is 0.154. The number of aryl methyl sites for hydroxylation is 1. The number of ether oxygens (including phenoxy) is 1. The molecule has 0 aliphatic rings. The van der Waals surface area contributed by atoms with Crippen LogP contribution in [0.1, 0.15) is 5.56 Å². The zero-order valence-electron chi connectivity index (χ0n) is 9.28. The van der Waals surface area contributed by atoms with Crippen molar-refractivity contribution in [2.75, 3.05) is 7.11 Å². The number of benzene rings is 1. The zero-order valence-corrected chi connectivity index (χ0v) is 9.28. The van der Waals surface area contributed by atoms with Gasteiger partial charge in [0.2, 0.25) is 0 Å². The topological polar surface area (TPSA) is 42.1 Å². The van der Waals surface area contributed by atoms with Crippen LogP contribution in [0.3, 0.4) is 0 Å². The fourth-order valence-corrected chi connectivity index (χ4v) is 1.58. The molecular weight excluding hydrogens is 202 g/mol. The molecule has 1 heterocycles. The predicted octanol–water partition coefficient (Wildman–Crippen LogP) is 2.36. The van der Waals surface area contributed by atoms with Gasteiger partial charge in [-0.15, -0.1) is 0 Å². The molecule has 0 aliphatic heterocycles. The van der Waals surface area contributed by atoms with Crippen molar-refractivity contribution in [1.29, 1.82) is 0 Å². The second-order valence-corrected chi connectivity index (χ2v) is 3.65. The molecule has 0 unspecified atom stereocenters. The van der Waals surface area contributed by atoms with Crippen molar-refractivity contribution in [1.82, 2.24) is 4.98 Å². The predicted molar refractivity (Wildman–Crippen MR) is 63.8 cm³/mol. The number of rotatable bonds is 2. The maximum absolute atomic E-state index is 11.6. The molecule has 0 atom stereocenters. The smallest absolute Gasteiger partial charge is 0.255 e. The standard InChI is InChI=1S/C13H13NO2/c1-9-7-12(13(15)14-8-9)10-3-5-11(16-2)6-4-10/h3-8H,1-2H3,(H,14,15). The minimum absolute atomic E-state index is 0.0734. The summed E-state index contributed by atoms with van der Waals surface area (Å²) in [4.78, 5) is 14.3. The Balaban J connectivity index is 2.50. The Kier molecular flexibility index (Phi) is 2.77. The van der Waals surface area contributed by atoms with E-state index in [0.29, 0.717) is 5.56 Å². The van der Waals surface area contributed by atoms with Crippen molar-refractivity contribution >= 4 is 0 Å². The Hall–Kier alpha value is -2.03. The van der Waals surface area contributed by atoms with Gasteiger partial charge in [0.1, 0.15) is 5.75 Å².